The first-order valence-corrected chi connectivity index (χ1v) is 5.46. The SMILES string of the molecule is CCCCC1(CC(C)C)OCCO1. The molecule has 0 N–H and O–H groups in total. The molecule has 2 nitrogen and oxygen atoms in total. The van der Waals surface area contributed by atoms with Gasteiger partial charge in [0.15, 0.2) is 5.79 Å². The Morgan fingerprint density at radius 3 is 2.31 bits per heavy atom. The number of hydrogen-bond acceptors (Lipinski definition) is 2. The van der Waals surface area contributed by atoms with E-state index in [-0.39, 0.29) is 5.79 Å². The minimum atomic E-state index is -0.232. The molecule has 0 unspecified atom stereocenters. The zero-order chi connectivity index (χ0) is 9.73. The summed E-state index contributed by atoms with van der Waals surface area (Å²) in [6.07, 6.45) is 4.51. The molecule has 0 aliphatic carbocycles. The molecule has 0 atom stereocenters. The minimum absolute atomic E-state index is 0.232. The molecule has 1 heterocycles. The molecule has 78 valence electrons. The maximum absolute atomic E-state index is 5.73. The van der Waals surface area contributed by atoms with Gasteiger partial charge in [-0.05, 0) is 12.3 Å². The smallest absolute Gasteiger partial charge is 0.168 e. The Kier molecular flexibility index (Phi) is 4.20. The van der Waals surface area contributed by atoms with Gasteiger partial charge in [-0.2, -0.15) is 0 Å². The first-order chi connectivity index (χ1) is 6.18. The third-order valence-corrected chi connectivity index (χ3v) is 2.44. The Morgan fingerprint density at radius 1 is 1.23 bits per heavy atom. The van der Waals surface area contributed by atoms with Crippen LogP contribution in [0, 0.1) is 5.92 Å². The molecule has 13 heavy (non-hydrogen) atoms. The summed E-state index contributed by atoms with van der Waals surface area (Å²) in [7, 11) is 0. The predicted octanol–water partition coefficient (Wildman–Crippen LogP) is 2.97. The van der Waals surface area contributed by atoms with Crippen molar-refractivity contribution < 1.29 is 9.47 Å². The number of ether oxygens (including phenoxy) is 2. The molecule has 0 spiro atoms. The number of unbranched alkanes of at least 4 members (excludes halogenated alkanes) is 1. The van der Waals surface area contributed by atoms with E-state index in [0.29, 0.717) is 5.92 Å². The van der Waals surface area contributed by atoms with Crippen LogP contribution in [0.15, 0.2) is 0 Å². The minimum Gasteiger partial charge on any atom is -0.348 e. The van der Waals surface area contributed by atoms with Crippen molar-refractivity contribution >= 4 is 0 Å². The lowest BCUT2D eigenvalue weighted by Crippen LogP contribution is -2.31. The molecule has 1 rings (SSSR count). The van der Waals surface area contributed by atoms with Gasteiger partial charge in [-0.25, -0.2) is 0 Å². The third kappa shape index (κ3) is 3.28. The van der Waals surface area contributed by atoms with Gasteiger partial charge in [0.25, 0.3) is 0 Å². The third-order valence-electron chi connectivity index (χ3n) is 2.44. The van der Waals surface area contributed by atoms with Crippen LogP contribution in [-0.4, -0.2) is 19.0 Å². The standard InChI is InChI=1S/C11H22O2/c1-4-5-6-11(9-10(2)3)12-7-8-13-11/h10H,4-9H2,1-3H3. The van der Waals surface area contributed by atoms with E-state index in [4.69, 9.17) is 9.47 Å². The molecular formula is C11H22O2. The zero-order valence-corrected chi connectivity index (χ0v) is 9.14. The highest BCUT2D eigenvalue weighted by atomic mass is 16.7. The summed E-state index contributed by atoms with van der Waals surface area (Å²) in [4.78, 5) is 0. The van der Waals surface area contributed by atoms with Crippen molar-refractivity contribution in [2.24, 2.45) is 5.92 Å². The Labute approximate surface area is 81.6 Å². The van der Waals surface area contributed by atoms with Gasteiger partial charge in [-0.3, -0.25) is 0 Å². The first-order valence-electron chi connectivity index (χ1n) is 5.46. The molecule has 0 radical (unpaired) electrons. The van der Waals surface area contributed by atoms with Crippen LogP contribution in [0.1, 0.15) is 46.5 Å². The van der Waals surface area contributed by atoms with E-state index in [1.807, 2.05) is 0 Å². The van der Waals surface area contributed by atoms with Crippen molar-refractivity contribution in [3.8, 4) is 0 Å². The molecule has 0 aromatic heterocycles. The molecule has 1 aliphatic heterocycles. The van der Waals surface area contributed by atoms with Crippen LogP contribution >= 0.6 is 0 Å². The van der Waals surface area contributed by atoms with E-state index < -0.39 is 0 Å². The van der Waals surface area contributed by atoms with Gasteiger partial charge in [0.1, 0.15) is 0 Å². The van der Waals surface area contributed by atoms with Crippen LogP contribution in [0.3, 0.4) is 0 Å². The van der Waals surface area contributed by atoms with Crippen LogP contribution in [0.4, 0.5) is 0 Å². The van der Waals surface area contributed by atoms with Crippen molar-refractivity contribution in [3.05, 3.63) is 0 Å². The fraction of sp³-hybridized carbons (Fsp3) is 1.00. The van der Waals surface area contributed by atoms with Gasteiger partial charge in [-0.1, -0.05) is 27.2 Å². The molecule has 0 bridgehead atoms. The fourth-order valence-corrected chi connectivity index (χ4v) is 1.93. The lowest BCUT2D eigenvalue weighted by molar-refractivity contribution is -0.173. The summed E-state index contributed by atoms with van der Waals surface area (Å²) in [6, 6.07) is 0. The van der Waals surface area contributed by atoms with Crippen LogP contribution in [0.5, 0.6) is 0 Å². The van der Waals surface area contributed by atoms with Gasteiger partial charge in [0.2, 0.25) is 0 Å². The second-order valence-corrected chi connectivity index (χ2v) is 4.31. The molecule has 0 saturated carbocycles. The Balaban J connectivity index is 2.42. The molecule has 0 aromatic rings. The van der Waals surface area contributed by atoms with E-state index in [1.165, 1.54) is 12.8 Å². The molecule has 1 saturated heterocycles. The average molecular weight is 186 g/mol. The van der Waals surface area contributed by atoms with Gasteiger partial charge >= 0.3 is 0 Å². The van der Waals surface area contributed by atoms with Gasteiger partial charge in [0, 0.05) is 12.8 Å². The highest BCUT2D eigenvalue weighted by Gasteiger charge is 2.36. The van der Waals surface area contributed by atoms with Crippen LogP contribution < -0.4 is 0 Å². The highest BCUT2D eigenvalue weighted by molar-refractivity contribution is 4.75. The average Bonchev–Trinajstić information content (AvgIpc) is 2.49. The van der Waals surface area contributed by atoms with Gasteiger partial charge < -0.3 is 9.47 Å². The molecule has 0 amide bonds. The van der Waals surface area contributed by atoms with Gasteiger partial charge in [-0.15, -0.1) is 0 Å². The maximum Gasteiger partial charge on any atom is 0.168 e. The number of hydrogen-bond donors (Lipinski definition) is 0. The van der Waals surface area contributed by atoms with Crippen LogP contribution in [-0.2, 0) is 9.47 Å². The molecule has 1 aliphatic rings. The normalized spacial score (nSPS) is 21.2. The Bertz CT molecular complexity index is 137. The Hall–Kier alpha value is -0.0800. The van der Waals surface area contributed by atoms with Crippen molar-refractivity contribution in [3.63, 3.8) is 0 Å². The maximum atomic E-state index is 5.73. The monoisotopic (exact) mass is 186 g/mol. The largest absolute Gasteiger partial charge is 0.348 e. The zero-order valence-electron chi connectivity index (χ0n) is 9.14. The van der Waals surface area contributed by atoms with E-state index in [2.05, 4.69) is 20.8 Å². The lowest BCUT2D eigenvalue weighted by atomic mass is 9.98. The summed E-state index contributed by atoms with van der Waals surface area (Å²) in [5.74, 6) is 0.416. The van der Waals surface area contributed by atoms with Crippen LogP contribution in [0.2, 0.25) is 0 Å². The van der Waals surface area contributed by atoms with Crippen molar-refractivity contribution in [1.82, 2.24) is 0 Å². The summed E-state index contributed by atoms with van der Waals surface area (Å²) < 4.78 is 11.5. The second kappa shape index (κ2) is 4.97. The Morgan fingerprint density at radius 2 is 1.85 bits per heavy atom. The van der Waals surface area contributed by atoms with E-state index in [1.54, 1.807) is 0 Å². The molecule has 2 heteroatoms. The lowest BCUT2D eigenvalue weighted by Gasteiger charge is -2.29. The summed E-state index contributed by atoms with van der Waals surface area (Å²) >= 11 is 0. The summed E-state index contributed by atoms with van der Waals surface area (Å²) in [5.41, 5.74) is 0. The van der Waals surface area contributed by atoms with Gasteiger partial charge in [0.05, 0.1) is 13.2 Å². The van der Waals surface area contributed by atoms with E-state index in [9.17, 15) is 0 Å². The van der Waals surface area contributed by atoms with Crippen molar-refractivity contribution in [1.29, 1.82) is 0 Å². The van der Waals surface area contributed by atoms with Crippen molar-refractivity contribution in [2.75, 3.05) is 13.2 Å². The molecule has 0 aromatic carbocycles. The fourth-order valence-electron chi connectivity index (χ4n) is 1.93. The summed E-state index contributed by atoms with van der Waals surface area (Å²) in [5, 5.41) is 0. The molecular weight excluding hydrogens is 164 g/mol. The quantitative estimate of drug-likeness (QED) is 0.657. The van der Waals surface area contributed by atoms with E-state index in [0.717, 1.165) is 26.1 Å². The first kappa shape index (κ1) is 11.0. The topological polar surface area (TPSA) is 18.5 Å². The van der Waals surface area contributed by atoms with E-state index >= 15 is 0 Å². The predicted molar refractivity (Wildman–Crippen MR) is 53.6 cm³/mol. The highest BCUT2D eigenvalue weighted by Crippen LogP contribution is 2.32. The number of rotatable bonds is 5. The van der Waals surface area contributed by atoms with Crippen molar-refractivity contribution in [2.45, 2.75) is 52.2 Å². The van der Waals surface area contributed by atoms with Crippen LogP contribution in [0.25, 0.3) is 0 Å². The second-order valence-electron chi connectivity index (χ2n) is 4.31. The summed E-state index contributed by atoms with van der Waals surface area (Å²) in [6.45, 7) is 8.20. The molecule has 1 fully saturated rings.